The van der Waals surface area contributed by atoms with Crippen LogP contribution in [0.4, 0.5) is 10.6 Å². The normalized spacial score (nSPS) is 18.9. The Morgan fingerprint density at radius 1 is 1.59 bits per heavy atom. The van der Waals surface area contributed by atoms with Gasteiger partial charge in [-0.2, -0.15) is 5.10 Å². The van der Waals surface area contributed by atoms with Crippen LogP contribution in [0.15, 0.2) is 12.3 Å². The quantitative estimate of drug-likeness (QED) is 0.590. The van der Waals surface area contributed by atoms with Gasteiger partial charge in [0, 0.05) is 18.8 Å². The van der Waals surface area contributed by atoms with E-state index < -0.39 is 12.1 Å². The van der Waals surface area contributed by atoms with E-state index in [1.165, 1.54) is 0 Å². The van der Waals surface area contributed by atoms with Gasteiger partial charge in [0.1, 0.15) is 6.04 Å². The summed E-state index contributed by atoms with van der Waals surface area (Å²) >= 11 is 0. The maximum atomic E-state index is 12.2. The SMILES string of the molecule is CCCCC(NC(N)=O)C(=O)Nc1ccn(C2CCNC2)n1. The zero-order valence-corrected chi connectivity index (χ0v) is 12.8. The fraction of sp³-hybridized carbons (Fsp3) is 0.643. The largest absolute Gasteiger partial charge is 0.352 e. The summed E-state index contributed by atoms with van der Waals surface area (Å²) in [4.78, 5) is 23.3. The highest BCUT2D eigenvalue weighted by atomic mass is 16.2. The van der Waals surface area contributed by atoms with Crippen molar-refractivity contribution < 1.29 is 9.59 Å². The number of hydrogen-bond acceptors (Lipinski definition) is 4. The molecule has 122 valence electrons. The third-order valence-corrected chi connectivity index (χ3v) is 3.75. The molecule has 2 heterocycles. The van der Waals surface area contributed by atoms with Crippen molar-refractivity contribution >= 4 is 17.8 Å². The number of hydrogen-bond donors (Lipinski definition) is 4. The molecule has 2 rings (SSSR count). The van der Waals surface area contributed by atoms with Crippen molar-refractivity contribution in [3.63, 3.8) is 0 Å². The second-order valence-corrected chi connectivity index (χ2v) is 5.52. The molecule has 0 spiro atoms. The van der Waals surface area contributed by atoms with E-state index >= 15 is 0 Å². The molecular formula is C14H24N6O2. The van der Waals surface area contributed by atoms with Crippen LogP contribution in [-0.2, 0) is 4.79 Å². The second-order valence-electron chi connectivity index (χ2n) is 5.52. The summed E-state index contributed by atoms with van der Waals surface area (Å²) in [5, 5.41) is 12.9. The van der Waals surface area contributed by atoms with E-state index in [-0.39, 0.29) is 5.91 Å². The predicted octanol–water partition coefficient (Wildman–Crippen LogP) is 0.583. The van der Waals surface area contributed by atoms with Crippen LogP contribution in [0.25, 0.3) is 0 Å². The van der Waals surface area contributed by atoms with Gasteiger partial charge in [0.2, 0.25) is 5.91 Å². The van der Waals surface area contributed by atoms with Crippen LogP contribution in [0.5, 0.6) is 0 Å². The molecule has 1 aromatic heterocycles. The maximum Gasteiger partial charge on any atom is 0.312 e. The number of urea groups is 1. The molecule has 3 amide bonds. The Labute approximate surface area is 129 Å². The van der Waals surface area contributed by atoms with Crippen molar-refractivity contribution in [2.24, 2.45) is 5.73 Å². The minimum absolute atomic E-state index is 0.290. The van der Waals surface area contributed by atoms with Gasteiger partial charge >= 0.3 is 6.03 Å². The Morgan fingerprint density at radius 3 is 3.05 bits per heavy atom. The lowest BCUT2D eigenvalue weighted by molar-refractivity contribution is -0.118. The Bertz CT molecular complexity index is 509. The summed E-state index contributed by atoms with van der Waals surface area (Å²) in [6.45, 7) is 3.89. The van der Waals surface area contributed by atoms with E-state index in [1.54, 1.807) is 6.07 Å². The molecule has 8 heteroatoms. The molecule has 22 heavy (non-hydrogen) atoms. The minimum Gasteiger partial charge on any atom is -0.352 e. The summed E-state index contributed by atoms with van der Waals surface area (Å²) in [5.41, 5.74) is 5.13. The third-order valence-electron chi connectivity index (χ3n) is 3.75. The van der Waals surface area contributed by atoms with Crippen molar-refractivity contribution in [3.8, 4) is 0 Å². The molecule has 1 fully saturated rings. The van der Waals surface area contributed by atoms with E-state index in [1.807, 2.05) is 17.8 Å². The number of rotatable bonds is 7. The first-order chi connectivity index (χ1) is 10.6. The zero-order chi connectivity index (χ0) is 15.9. The Morgan fingerprint density at radius 2 is 2.41 bits per heavy atom. The van der Waals surface area contributed by atoms with Crippen LogP contribution in [-0.4, -0.2) is 40.9 Å². The summed E-state index contributed by atoms with van der Waals surface area (Å²) in [5.74, 6) is 0.201. The topological polar surface area (TPSA) is 114 Å². The van der Waals surface area contributed by atoms with Gasteiger partial charge in [0.05, 0.1) is 6.04 Å². The summed E-state index contributed by atoms with van der Waals surface area (Å²) in [6.07, 6.45) is 5.21. The molecule has 2 unspecified atom stereocenters. The Kier molecular flexibility index (Phi) is 5.76. The number of aromatic nitrogens is 2. The van der Waals surface area contributed by atoms with Crippen LogP contribution < -0.4 is 21.7 Å². The molecule has 8 nitrogen and oxygen atoms in total. The highest BCUT2D eigenvalue weighted by Gasteiger charge is 2.21. The molecule has 2 atom stereocenters. The number of primary amides is 1. The van der Waals surface area contributed by atoms with E-state index in [0.29, 0.717) is 18.3 Å². The van der Waals surface area contributed by atoms with E-state index in [0.717, 1.165) is 32.4 Å². The maximum absolute atomic E-state index is 12.2. The van der Waals surface area contributed by atoms with Crippen molar-refractivity contribution in [1.82, 2.24) is 20.4 Å². The summed E-state index contributed by atoms with van der Waals surface area (Å²) < 4.78 is 1.86. The molecular weight excluding hydrogens is 284 g/mol. The van der Waals surface area contributed by atoms with Crippen LogP contribution in [0, 0.1) is 0 Å². The van der Waals surface area contributed by atoms with Gasteiger partial charge in [-0.1, -0.05) is 19.8 Å². The van der Waals surface area contributed by atoms with Crippen molar-refractivity contribution in [1.29, 1.82) is 0 Å². The zero-order valence-electron chi connectivity index (χ0n) is 12.8. The lowest BCUT2D eigenvalue weighted by atomic mass is 10.1. The third kappa shape index (κ3) is 4.45. The van der Waals surface area contributed by atoms with Crippen molar-refractivity contribution in [2.45, 2.75) is 44.7 Å². The fourth-order valence-corrected chi connectivity index (χ4v) is 2.54. The summed E-state index contributed by atoms with van der Waals surface area (Å²) in [7, 11) is 0. The fourth-order valence-electron chi connectivity index (χ4n) is 2.54. The number of nitrogens with two attached hydrogens (primary N) is 1. The smallest absolute Gasteiger partial charge is 0.312 e. The number of carbonyl (C=O) groups excluding carboxylic acids is 2. The highest BCUT2D eigenvalue weighted by Crippen LogP contribution is 2.16. The number of carbonyl (C=O) groups is 2. The van der Waals surface area contributed by atoms with Gasteiger partial charge in [0.25, 0.3) is 0 Å². The molecule has 1 aliphatic rings. The van der Waals surface area contributed by atoms with Crippen LogP contribution in [0.2, 0.25) is 0 Å². The van der Waals surface area contributed by atoms with Crippen molar-refractivity contribution in [3.05, 3.63) is 12.3 Å². The average molecular weight is 308 g/mol. The molecule has 0 saturated carbocycles. The lowest BCUT2D eigenvalue weighted by Crippen LogP contribution is -2.46. The summed E-state index contributed by atoms with van der Waals surface area (Å²) in [6, 6.07) is 0.761. The van der Waals surface area contributed by atoms with Gasteiger partial charge < -0.3 is 21.7 Å². The molecule has 5 N–H and O–H groups in total. The molecule has 1 saturated heterocycles. The highest BCUT2D eigenvalue weighted by molar-refractivity contribution is 5.96. The number of unbranched alkanes of at least 4 members (excludes halogenated alkanes) is 1. The van der Waals surface area contributed by atoms with Gasteiger partial charge in [-0.3, -0.25) is 9.48 Å². The van der Waals surface area contributed by atoms with Crippen LogP contribution in [0.1, 0.15) is 38.6 Å². The van der Waals surface area contributed by atoms with Gasteiger partial charge in [0.15, 0.2) is 5.82 Å². The van der Waals surface area contributed by atoms with Gasteiger partial charge in [-0.25, -0.2) is 4.79 Å². The lowest BCUT2D eigenvalue weighted by Gasteiger charge is -2.16. The first kappa shape index (κ1) is 16.3. The van der Waals surface area contributed by atoms with Crippen LogP contribution >= 0.6 is 0 Å². The average Bonchev–Trinajstić information content (AvgIpc) is 3.13. The molecule has 0 aliphatic carbocycles. The Balaban J connectivity index is 1.94. The van der Waals surface area contributed by atoms with E-state index in [4.69, 9.17) is 5.73 Å². The number of anilines is 1. The van der Waals surface area contributed by atoms with Gasteiger partial charge in [-0.05, 0) is 19.4 Å². The molecule has 0 radical (unpaired) electrons. The monoisotopic (exact) mass is 308 g/mol. The first-order valence-corrected chi connectivity index (χ1v) is 7.73. The number of nitrogens with zero attached hydrogens (tertiary/aromatic N) is 2. The minimum atomic E-state index is -0.696. The van der Waals surface area contributed by atoms with Crippen LogP contribution in [0.3, 0.4) is 0 Å². The second kappa shape index (κ2) is 7.79. The Hall–Kier alpha value is -2.09. The van der Waals surface area contributed by atoms with E-state index in [9.17, 15) is 9.59 Å². The number of nitrogens with one attached hydrogen (secondary N) is 3. The van der Waals surface area contributed by atoms with Crippen molar-refractivity contribution in [2.75, 3.05) is 18.4 Å². The number of amides is 3. The molecule has 0 bridgehead atoms. The molecule has 0 aromatic carbocycles. The molecule has 1 aromatic rings. The van der Waals surface area contributed by atoms with E-state index in [2.05, 4.69) is 21.0 Å². The first-order valence-electron chi connectivity index (χ1n) is 7.73. The molecule has 1 aliphatic heterocycles. The standard InChI is InChI=1S/C14H24N6O2/c1-2-3-4-11(17-14(15)22)13(21)18-12-6-8-20(19-12)10-5-7-16-9-10/h6,8,10-11,16H,2-5,7,9H2,1H3,(H3,15,17,22)(H,18,19,21). The predicted molar refractivity (Wildman–Crippen MR) is 83.4 cm³/mol. The van der Waals surface area contributed by atoms with Gasteiger partial charge in [-0.15, -0.1) is 0 Å².